The molecular weight excluding hydrogens is 334 g/mol. The van der Waals surface area contributed by atoms with Gasteiger partial charge in [0.15, 0.2) is 0 Å². The summed E-state index contributed by atoms with van der Waals surface area (Å²) in [5, 5.41) is 6.03. The van der Waals surface area contributed by atoms with Gasteiger partial charge in [0, 0.05) is 24.3 Å². The van der Waals surface area contributed by atoms with E-state index in [1.54, 1.807) is 12.1 Å². The molecule has 0 spiro atoms. The fourth-order valence-corrected chi connectivity index (χ4v) is 3.36. The number of nitrogens with one attached hydrogen (secondary N) is 2. The van der Waals surface area contributed by atoms with Crippen LogP contribution in [0.5, 0.6) is 0 Å². The van der Waals surface area contributed by atoms with Gasteiger partial charge < -0.3 is 4.90 Å². The second-order valence-corrected chi connectivity index (χ2v) is 6.45. The maximum absolute atomic E-state index is 12.2. The number of hydrogen-bond donors (Lipinski definition) is 2. The number of aromatic amines is 1. The van der Waals surface area contributed by atoms with E-state index in [1.807, 2.05) is 25.1 Å². The first-order valence-corrected chi connectivity index (χ1v) is 7.53. The van der Waals surface area contributed by atoms with Crippen LogP contribution >= 0.6 is 15.9 Å². The Kier molecular flexibility index (Phi) is 3.76. The smallest absolute Gasteiger partial charge is 0.265 e. The van der Waals surface area contributed by atoms with Crippen molar-refractivity contribution in [3.05, 3.63) is 29.0 Å². The summed E-state index contributed by atoms with van der Waals surface area (Å²) in [5.41, 5.74) is 0.779. The number of aromatic nitrogens is 3. The molecule has 2 aromatic rings. The van der Waals surface area contributed by atoms with Crippen molar-refractivity contribution >= 4 is 37.6 Å². The fourth-order valence-electron chi connectivity index (χ4n) is 1.41. The third kappa shape index (κ3) is 3.04. The van der Waals surface area contributed by atoms with Gasteiger partial charge in [0.05, 0.1) is 0 Å². The lowest BCUT2D eigenvalue weighted by Gasteiger charge is -2.15. The number of sulfonamides is 1. The highest BCUT2D eigenvalue weighted by Crippen LogP contribution is 2.27. The number of anilines is 2. The molecule has 1 aromatic carbocycles. The number of halogens is 1. The zero-order valence-corrected chi connectivity index (χ0v) is 12.7. The predicted molar refractivity (Wildman–Crippen MR) is 75.7 cm³/mol. The van der Waals surface area contributed by atoms with Crippen LogP contribution in [0.15, 0.2) is 33.9 Å². The van der Waals surface area contributed by atoms with E-state index in [-0.39, 0.29) is 10.8 Å². The summed E-state index contributed by atoms with van der Waals surface area (Å²) in [7, 11) is -0.0536. The zero-order chi connectivity index (χ0) is 14.0. The molecule has 0 aliphatic carbocycles. The Morgan fingerprint density at radius 2 is 2.11 bits per heavy atom. The van der Waals surface area contributed by atoms with Crippen LogP contribution in [-0.4, -0.2) is 37.7 Å². The molecule has 0 atom stereocenters. The van der Waals surface area contributed by atoms with Crippen LogP contribution in [-0.2, 0) is 10.0 Å². The van der Waals surface area contributed by atoms with Crippen molar-refractivity contribution in [3.63, 3.8) is 0 Å². The van der Waals surface area contributed by atoms with Crippen LogP contribution in [0, 0.1) is 0 Å². The maximum atomic E-state index is 12.2. The Hall–Kier alpha value is -1.61. The normalized spacial score (nSPS) is 11.3. The van der Waals surface area contributed by atoms with E-state index in [4.69, 9.17) is 0 Å². The second kappa shape index (κ2) is 5.17. The van der Waals surface area contributed by atoms with Crippen molar-refractivity contribution in [2.24, 2.45) is 0 Å². The Morgan fingerprint density at radius 3 is 2.68 bits per heavy atom. The zero-order valence-electron chi connectivity index (χ0n) is 10.3. The molecule has 0 saturated heterocycles. The van der Waals surface area contributed by atoms with Gasteiger partial charge in [-0.3, -0.25) is 0 Å². The van der Waals surface area contributed by atoms with Crippen molar-refractivity contribution in [2.75, 3.05) is 23.7 Å². The van der Waals surface area contributed by atoms with Crippen molar-refractivity contribution < 1.29 is 8.42 Å². The first-order chi connectivity index (χ1) is 8.90. The lowest BCUT2D eigenvalue weighted by Crippen LogP contribution is -2.16. The van der Waals surface area contributed by atoms with E-state index in [9.17, 15) is 8.42 Å². The summed E-state index contributed by atoms with van der Waals surface area (Å²) in [4.78, 5) is 5.69. The van der Waals surface area contributed by atoms with Crippen molar-refractivity contribution in [2.45, 2.75) is 4.90 Å². The van der Waals surface area contributed by atoms with E-state index in [2.05, 4.69) is 35.8 Å². The molecule has 0 fully saturated rings. The van der Waals surface area contributed by atoms with Gasteiger partial charge in [0.1, 0.15) is 11.2 Å². The highest BCUT2D eigenvalue weighted by molar-refractivity contribution is 9.10. The van der Waals surface area contributed by atoms with E-state index in [0.717, 1.165) is 5.69 Å². The number of hydrogen-bond acceptors (Lipinski definition) is 5. The number of rotatable bonds is 4. The van der Waals surface area contributed by atoms with Crippen LogP contribution in [0.2, 0.25) is 0 Å². The second-order valence-electron chi connectivity index (χ2n) is 3.95. The lowest BCUT2D eigenvalue weighted by atomic mass is 10.3. The summed E-state index contributed by atoms with van der Waals surface area (Å²) in [6.45, 7) is 0. The largest absolute Gasteiger partial charge is 0.378 e. The molecule has 7 nitrogen and oxygen atoms in total. The van der Waals surface area contributed by atoms with E-state index < -0.39 is 10.0 Å². The molecule has 0 radical (unpaired) electrons. The van der Waals surface area contributed by atoms with Crippen molar-refractivity contribution in [3.8, 4) is 0 Å². The van der Waals surface area contributed by atoms with Crippen LogP contribution < -0.4 is 9.62 Å². The van der Waals surface area contributed by atoms with E-state index >= 15 is 0 Å². The fraction of sp³-hybridized carbons (Fsp3) is 0.200. The molecule has 19 heavy (non-hydrogen) atoms. The minimum Gasteiger partial charge on any atom is -0.378 e. The van der Waals surface area contributed by atoms with Crippen molar-refractivity contribution in [1.29, 1.82) is 0 Å². The SMILES string of the molecule is CN(C)c1ccc(Br)c(S(=O)(=O)Nc2ncn[nH]2)c1. The number of H-pyrrole nitrogens is 1. The summed E-state index contributed by atoms with van der Waals surface area (Å²) >= 11 is 3.24. The highest BCUT2D eigenvalue weighted by Gasteiger charge is 2.19. The van der Waals surface area contributed by atoms with Crippen LogP contribution in [0.4, 0.5) is 11.6 Å². The molecule has 2 N–H and O–H groups in total. The minimum atomic E-state index is -3.73. The molecule has 0 aliphatic rings. The van der Waals surface area contributed by atoms with Crippen LogP contribution in [0.3, 0.4) is 0 Å². The van der Waals surface area contributed by atoms with Gasteiger partial charge in [-0.2, -0.15) is 10.1 Å². The third-order valence-electron chi connectivity index (χ3n) is 2.37. The summed E-state index contributed by atoms with van der Waals surface area (Å²) in [5.74, 6) is 0.0714. The molecule has 0 unspecified atom stereocenters. The van der Waals surface area contributed by atoms with Gasteiger partial charge in [0.25, 0.3) is 10.0 Å². The average molecular weight is 346 g/mol. The molecule has 0 amide bonds. The van der Waals surface area contributed by atoms with E-state index in [1.165, 1.54) is 6.33 Å². The van der Waals surface area contributed by atoms with Gasteiger partial charge in [-0.05, 0) is 34.1 Å². The van der Waals surface area contributed by atoms with Gasteiger partial charge in [-0.25, -0.2) is 18.2 Å². The third-order valence-corrected chi connectivity index (χ3v) is 4.70. The Balaban J connectivity index is 2.42. The number of benzene rings is 1. The maximum Gasteiger partial charge on any atom is 0.265 e. The minimum absolute atomic E-state index is 0.0714. The first-order valence-electron chi connectivity index (χ1n) is 5.25. The van der Waals surface area contributed by atoms with Gasteiger partial charge in [-0.15, -0.1) is 0 Å². The highest BCUT2D eigenvalue weighted by atomic mass is 79.9. The van der Waals surface area contributed by atoms with Gasteiger partial charge in [0.2, 0.25) is 5.95 Å². The molecule has 9 heteroatoms. The van der Waals surface area contributed by atoms with Gasteiger partial charge in [-0.1, -0.05) is 0 Å². The van der Waals surface area contributed by atoms with Crippen LogP contribution in [0.25, 0.3) is 0 Å². The average Bonchev–Trinajstić information content (AvgIpc) is 2.81. The topological polar surface area (TPSA) is 91.0 Å². The summed E-state index contributed by atoms with van der Waals surface area (Å²) in [6.07, 6.45) is 1.23. The molecule has 0 saturated carbocycles. The quantitative estimate of drug-likeness (QED) is 0.874. The lowest BCUT2D eigenvalue weighted by molar-refractivity contribution is 0.600. The Labute approximate surface area is 119 Å². The first kappa shape index (κ1) is 13.8. The standard InChI is InChI=1S/C10H12BrN5O2S/c1-16(2)7-3-4-8(11)9(5-7)19(17,18)15-10-12-6-13-14-10/h3-6H,1-2H3,(H2,12,13,14,15). The molecule has 0 aliphatic heterocycles. The van der Waals surface area contributed by atoms with E-state index in [0.29, 0.717) is 4.47 Å². The van der Waals surface area contributed by atoms with Crippen molar-refractivity contribution in [1.82, 2.24) is 15.2 Å². The Morgan fingerprint density at radius 1 is 1.37 bits per heavy atom. The molecule has 1 aromatic heterocycles. The predicted octanol–water partition coefficient (Wildman–Crippen LogP) is 1.43. The molecular formula is C10H12BrN5O2S. The van der Waals surface area contributed by atoms with Crippen LogP contribution in [0.1, 0.15) is 0 Å². The molecule has 1 heterocycles. The molecule has 0 bridgehead atoms. The Bertz CT molecular complexity index is 669. The summed E-state index contributed by atoms with van der Waals surface area (Å²) in [6, 6.07) is 5.07. The van der Waals surface area contributed by atoms with Gasteiger partial charge >= 0.3 is 0 Å². The molecule has 2 rings (SSSR count). The monoisotopic (exact) mass is 345 g/mol. The molecule has 102 valence electrons. The summed E-state index contributed by atoms with van der Waals surface area (Å²) < 4.78 is 27.3. The number of nitrogens with zero attached hydrogens (tertiary/aromatic N) is 3.